The average molecular weight is 225 g/mol. The van der Waals surface area contributed by atoms with Crippen LogP contribution in [0.25, 0.3) is 0 Å². The van der Waals surface area contributed by atoms with Crippen molar-refractivity contribution in [2.24, 2.45) is 11.3 Å². The first kappa shape index (κ1) is 11.0. The number of fused-ring (bicyclic) bond motifs is 2. The molecule has 2 aliphatic carbocycles. The van der Waals surface area contributed by atoms with Gasteiger partial charge in [-0.3, -0.25) is 0 Å². The predicted molar refractivity (Wildman–Crippen MR) is 62.2 cm³/mol. The highest BCUT2D eigenvalue weighted by Crippen LogP contribution is 2.62. The predicted octanol–water partition coefficient (Wildman–Crippen LogP) is 1.30. The molecule has 3 fully saturated rings. The first-order valence-corrected chi connectivity index (χ1v) is 6.76. The minimum Gasteiger partial charge on any atom is -0.396 e. The highest BCUT2D eigenvalue weighted by atomic mass is 16.5. The van der Waals surface area contributed by atoms with Gasteiger partial charge in [-0.15, -0.1) is 0 Å². The molecule has 0 bridgehead atoms. The van der Waals surface area contributed by atoms with E-state index in [0.29, 0.717) is 30.2 Å². The van der Waals surface area contributed by atoms with E-state index in [1.54, 1.807) is 0 Å². The Morgan fingerprint density at radius 1 is 1.50 bits per heavy atom. The van der Waals surface area contributed by atoms with Gasteiger partial charge in [-0.1, -0.05) is 6.42 Å². The van der Waals surface area contributed by atoms with Gasteiger partial charge in [0.1, 0.15) is 0 Å². The van der Waals surface area contributed by atoms with Crippen LogP contribution in [0.3, 0.4) is 0 Å². The lowest BCUT2D eigenvalue weighted by molar-refractivity contribution is -0.178. The third-order valence-corrected chi connectivity index (χ3v) is 5.06. The van der Waals surface area contributed by atoms with Crippen LogP contribution in [-0.4, -0.2) is 36.5 Å². The molecule has 2 saturated carbocycles. The second-order valence-corrected chi connectivity index (χ2v) is 5.89. The van der Waals surface area contributed by atoms with Crippen LogP contribution in [0.2, 0.25) is 0 Å². The van der Waals surface area contributed by atoms with Crippen molar-refractivity contribution in [3.05, 3.63) is 0 Å². The Morgan fingerprint density at radius 3 is 2.94 bits per heavy atom. The lowest BCUT2D eigenvalue weighted by Crippen LogP contribution is -2.72. The minimum atomic E-state index is 0.290. The van der Waals surface area contributed by atoms with Crippen LogP contribution < -0.4 is 5.32 Å². The van der Waals surface area contributed by atoms with Crippen molar-refractivity contribution in [1.29, 1.82) is 0 Å². The molecule has 4 atom stereocenters. The van der Waals surface area contributed by atoms with Crippen LogP contribution >= 0.6 is 0 Å². The highest BCUT2D eigenvalue weighted by molar-refractivity contribution is 5.18. The molecule has 3 heteroatoms. The molecule has 0 aromatic rings. The van der Waals surface area contributed by atoms with Crippen LogP contribution in [0.15, 0.2) is 0 Å². The maximum absolute atomic E-state index is 8.96. The summed E-state index contributed by atoms with van der Waals surface area (Å²) in [5.74, 6) is 0.751. The molecule has 92 valence electrons. The Kier molecular flexibility index (Phi) is 2.73. The van der Waals surface area contributed by atoms with Crippen LogP contribution in [0, 0.1) is 11.3 Å². The van der Waals surface area contributed by atoms with Crippen molar-refractivity contribution in [2.75, 3.05) is 13.2 Å². The molecule has 1 saturated heterocycles. The van der Waals surface area contributed by atoms with Crippen molar-refractivity contribution < 1.29 is 9.84 Å². The minimum absolute atomic E-state index is 0.290. The third kappa shape index (κ3) is 1.38. The van der Waals surface area contributed by atoms with E-state index in [1.165, 1.54) is 25.7 Å². The molecule has 2 N–H and O–H groups in total. The summed E-state index contributed by atoms with van der Waals surface area (Å²) >= 11 is 0. The Labute approximate surface area is 97.6 Å². The Balaban J connectivity index is 1.65. The van der Waals surface area contributed by atoms with Crippen molar-refractivity contribution in [2.45, 2.75) is 57.2 Å². The maximum Gasteiger partial charge on any atom is 0.0690 e. The van der Waals surface area contributed by atoms with Gasteiger partial charge >= 0.3 is 0 Å². The molecule has 1 aliphatic heterocycles. The molecular weight excluding hydrogens is 202 g/mol. The summed E-state index contributed by atoms with van der Waals surface area (Å²) < 4.78 is 5.89. The van der Waals surface area contributed by atoms with Crippen LogP contribution in [0.4, 0.5) is 0 Å². The van der Waals surface area contributed by atoms with Gasteiger partial charge in [0.25, 0.3) is 0 Å². The van der Waals surface area contributed by atoms with Gasteiger partial charge < -0.3 is 15.2 Å². The maximum atomic E-state index is 8.96. The molecule has 3 rings (SSSR count). The van der Waals surface area contributed by atoms with Crippen LogP contribution in [0.1, 0.15) is 39.0 Å². The second kappa shape index (κ2) is 3.97. The molecule has 0 aromatic heterocycles. The quantitative estimate of drug-likeness (QED) is 0.758. The first-order valence-electron chi connectivity index (χ1n) is 6.76. The summed E-state index contributed by atoms with van der Waals surface area (Å²) in [5, 5.41) is 12.7. The molecule has 1 heterocycles. The molecule has 4 unspecified atom stereocenters. The molecule has 1 spiro atoms. The fourth-order valence-electron chi connectivity index (χ4n) is 4.08. The van der Waals surface area contributed by atoms with Crippen molar-refractivity contribution in [1.82, 2.24) is 5.32 Å². The van der Waals surface area contributed by atoms with E-state index in [1.807, 2.05) is 0 Å². The largest absolute Gasteiger partial charge is 0.396 e. The highest BCUT2D eigenvalue weighted by Gasteiger charge is 2.66. The molecule has 0 radical (unpaired) electrons. The number of hydrogen-bond donors (Lipinski definition) is 2. The zero-order valence-corrected chi connectivity index (χ0v) is 10.1. The molecular formula is C13H23NO2. The fourth-order valence-corrected chi connectivity index (χ4v) is 4.08. The van der Waals surface area contributed by atoms with Crippen LogP contribution in [0.5, 0.6) is 0 Å². The Bertz CT molecular complexity index is 265. The van der Waals surface area contributed by atoms with Gasteiger partial charge in [-0.25, -0.2) is 0 Å². The first-order chi connectivity index (χ1) is 7.78. The zero-order chi connectivity index (χ0) is 11.2. The molecule has 3 aliphatic rings. The summed E-state index contributed by atoms with van der Waals surface area (Å²) in [4.78, 5) is 0. The SMILES string of the molecule is CC(CCO)NC1C2CCOC2C12CCC2. The van der Waals surface area contributed by atoms with Gasteiger partial charge in [0, 0.05) is 36.6 Å². The third-order valence-electron chi connectivity index (χ3n) is 5.06. The van der Waals surface area contributed by atoms with Gasteiger partial charge in [0.05, 0.1) is 6.10 Å². The summed E-state index contributed by atoms with van der Waals surface area (Å²) in [6.07, 6.45) is 6.72. The molecule has 0 amide bonds. The van der Waals surface area contributed by atoms with Crippen molar-refractivity contribution in [3.63, 3.8) is 0 Å². The van der Waals surface area contributed by atoms with Gasteiger partial charge in [-0.05, 0) is 32.6 Å². The van der Waals surface area contributed by atoms with Crippen molar-refractivity contribution >= 4 is 0 Å². The molecule has 16 heavy (non-hydrogen) atoms. The fraction of sp³-hybridized carbons (Fsp3) is 1.00. The van der Waals surface area contributed by atoms with Crippen LogP contribution in [-0.2, 0) is 4.74 Å². The summed E-state index contributed by atoms with van der Waals surface area (Å²) in [5.41, 5.74) is 0.477. The number of rotatable bonds is 4. The van der Waals surface area contributed by atoms with E-state index in [9.17, 15) is 0 Å². The summed E-state index contributed by atoms with van der Waals surface area (Å²) in [6.45, 7) is 3.44. The van der Waals surface area contributed by atoms with Gasteiger partial charge in [0.2, 0.25) is 0 Å². The Hall–Kier alpha value is -0.120. The zero-order valence-electron chi connectivity index (χ0n) is 10.1. The number of aliphatic hydroxyl groups excluding tert-OH is 1. The van der Waals surface area contributed by atoms with E-state index < -0.39 is 0 Å². The smallest absolute Gasteiger partial charge is 0.0690 e. The van der Waals surface area contributed by atoms with E-state index >= 15 is 0 Å². The van der Waals surface area contributed by atoms with Gasteiger partial charge in [-0.2, -0.15) is 0 Å². The van der Waals surface area contributed by atoms with Gasteiger partial charge in [0.15, 0.2) is 0 Å². The van der Waals surface area contributed by atoms with E-state index in [-0.39, 0.29) is 0 Å². The standard InChI is InChI=1S/C13H23NO2/c1-9(3-7-15)14-11-10-4-8-16-12(10)13(11)5-2-6-13/h9-12,14-15H,2-8H2,1H3. The van der Waals surface area contributed by atoms with E-state index in [2.05, 4.69) is 12.2 Å². The molecule has 3 nitrogen and oxygen atoms in total. The van der Waals surface area contributed by atoms with E-state index in [4.69, 9.17) is 9.84 Å². The Morgan fingerprint density at radius 2 is 2.31 bits per heavy atom. The number of hydrogen-bond acceptors (Lipinski definition) is 3. The lowest BCUT2D eigenvalue weighted by Gasteiger charge is -2.64. The number of nitrogens with one attached hydrogen (secondary N) is 1. The van der Waals surface area contributed by atoms with Crippen molar-refractivity contribution in [3.8, 4) is 0 Å². The lowest BCUT2D eigenvalue weighted by atomic mass is 9.46. The topological polar surface area (TPSA) is 41.5 Å². The second-order valence-electron chi connectivity index (χ2n) is 5.89. The monoisotopic (exact) mass is 225 g/mol. The number of aliphatic hydroxyl groups is 1. The summed E-state index contributed by atoms with van der Waals surface area (Å²) in [6, 6.07) is 1.10. The number of ether oxygens (including phenoxy) is 1. The summed E-state index contributed by atoms with van der Waals surface area (Å²) in [7, 11) is 0. The normalized spacial score (nSPS) is 41.2. The molecule has 0 aromatic carbocycles. The van der Waals surface area contributed by atoms with E-state index in [0.717, 1.165) is 18.9 Å². The average Bonchev–Trinajstić information content (AvgIpc) is 2.58.